The van der Waals surface area contributed by atoms with Crippen LogP contribution >= 0.6 is 0 Å². The topological polar surface area (TPSA) is 29.3 Å². The molecule has 0 spiro atoms. The Morgan fingerprint density at radius 1 is 1.10 bits per heavy atom. The van der Waals surface area contributed by atoms with Crippen molar-refractivity contribution in [2.75, 3.05) is 18.0 Å². The Morgan fingerprint density at radius 3 is 2.29 bits per heavy atom. The number of likely N-dealkylation sites (N-methyl/N-ethyl adjacent to an activating group) is 1. The van der Waals surface area contributed by atoms with E-state index in [9.17, 15) is 8.78 Å². The van der Waals surface area contributed by atoms with Gasteiger partial charge in [-0.25, -0.2) is 8.78 Å². The first-order valence-corrected chi connectivity index (χ1v) is 7.04. The van der Waals surface area contributed by atoms with Gasteiger partial charge in [-0.3, -0.25) is 0 Å². The summed E-state index contributed by atoms with van der Waals surface area (Å²) >= 11 is 0. The summed E-state index contributed by atoms with van der Waals surface area (Å²) in [5, 5.41) is 0. The molecule has 0 aliphatic carbocycles. The third-order valence-electron chi connectivity index (χ3n) is 3.54. The normalized spacial score (nSPS) is 12.2. The highest BCUT2D eigenvalue weighted by Crippen LogP contribution is 2.28. The van der Waals surface area contributed by atoms with Crippen LogP contribution in [0.15, 0.2) is 42.5 Å². The van der Waals surface area contributed by atoms with Gasteiger partial charge in [0.25, 0.3) is 0 Å². The second-order valence-electron chi connectivity index (χ2n) is 5.08. The molecule has 112 valence electrons. The highest BCUT2D eigenvalue weighted by molar-refractivity contribution is 5.51. The second-order valence-corrected chi connectivity index (χ2v) is 5.08. The summed E-state index contributed by atoms with van der Waals surface area (Å²) in [5.41, 5.74) is 8.55. The molecule has 0 fully saturated rings. The quantitative estimate of drug-likeness (QED) is 0.907. The van der Waals surface area contributed by atoms with Crippen molar-refractivity contribution in [2.45, 2.75) is 19.9 Å². The molecule has 0 saturated heterocycles. The van der Waals surface area contributed by atoms with Crippen LogP contribution in [0.4, 0.5) is 14.5 Å². The van der Waals surface area contributed by atoms with Crippen molar-refractivity contribution in [3.05, 3.63) is 65.2 Å². The summed E-state index contributed by atoms with van der Waals surface area (Å²) in [4.78, 5) is 2.06. The molecule has 1 unspecified atom stereocenters. The Kier molecular flexibility index (Phi) is 4.91. The van der Waals surface area contributed by atoms with Gasteiger partial charge in [0.15, 0.2) is 0 Å². The number of hydrogen-bond acceptors (Lipinski definition) is 2. The van der Waals surface area contributed by atoms with Gasteiger partial charge in [0.05, 0.1) is 6.04 Å². The van der Waals surface area contributed by atoms with Crippen LogP contribution in [0.5, 0.6) is 0 Å². The molecular formula is C17H20F2N2. The van der Waals surface area contributed by atoms with Crippen LogP contribution in [0.2, 0.25) is 0 Å². The van der Waals surface area contributed by atoms with Crippen LogP contribution in [0, 0.1) is 18.6 Å². The lowest BCUT2D eigenvalue weighted by molar-refractivity contribution is 0.567. The van der Waals surface area contributed by atoms with Gasteiger partial charge in [-0.1, -0.05) is 12.1 Å². The first-order valence-electron chi connectivity index (χ1n) is 7.04. The van der Waals surface area contributed by atoms with Crippen LogP contribution < -0.4 is 10.6 Å². The van der Waals surface area contributed by atoms with Crippen LogP contribution in [0.1, 0.15) is 24.1 Å². The minimum Gasteiger partial charge on any atom is -0.363 e. The lowest BCUT2D eigenvalue weighted by Gasteiger charge is -2.32. The van der Waals surface area contributed by atoms with Crippen LogP contribution in [0.3, 0.4) is 0 Å². The Morgan fingerprint density at radius 2 is 1.76 bits per heavy atom. The molecule has 0 radical (unpaired) electrons. The highest BCUT2D eigenvalue weighted by atomic mass is 19.1. The van der Waals surface area contributed by atoms with Crippen LogP contribution in [-0.4, -0.2) is 13.1 Å². The first-order chi connectivity index (χ1) is 10.0. The number of aryl methyl sites for hydroxylation is 1. The van der Waals surface area contributed by atoms with Crippen molar-refractivity contribution < 1.29 is 8.78 Å². The zero-order valence-corrected chi connectivity index (χ0v) is 12.3. The fourth-order valence-electron chi connectivity index (χ4n) is 2.60. The number of halogens is 2. The Labute approximate surface area is 124 Å². The molecule has 0 aliphatic rings. The van der Waals surface area contributed by atoms with Crippen molar-refractivity contribution in [1.82, 2.24) is 0 Å². The zero-order valence-electron chi connectivity index (χ0n) is 12.3. The monoisotopic (exact) mass is 290 g/mol. The molecule has 21 heavy (non-hydrogen) atoms. The molecule has 2 aromatic rings. The van der Waals surface area contributed by atoms with Crippen LogP contribution in [0.25, 0.3) is 0 Å². The summed E-state index contributed by atoms with van der Waals surface area (Å²) in [6.07, 6.45) is 0. The minimum absolute atomic E-state index is 0.262. The van der Waals surface area contributed by atoms with Gasteiger partial charge in [-0.05, 0) is 49.2 Å². The van der Waals surface area contributed by atoms with E-state index in [2.05, 4.69) is 4.90 Å². The molecule has 1 atom stereocenters. The van der Waals surface area contributed by atoms with Gasteiger partial charge in [0, 0.05) is 24.8 Å². The Hall–Kier alpha value is -1.94. The molecule has 0 saturated carbocycles. The smallest absolute Gasteiger partial charge is 0.126 e. The predicted molar refractivity (Wildman–Crippen MR) is 82.4 cm³/mol. The number of hydrogen-bond donors (Lipinski definition) is 1. The van der Waals surface area contributed by atoms with Crippen LogP contribution in [-0.2, 0) is 0 Å². The van der Waals surface area contributed by atoms with E-state index in [0.29, 0.717) is 12.1 Å². The molecule has 2 rings (SSSR count). The van der Waals surface area contributed by atoms with E-state index in [1.54, 1.807) is 0 Å². The van der Waals surface area contributed by atoms with E-state index >= 15 is 0 Å². The Balaban J connectivity index is 2.42. The molecule has 0 amide bonds. The SMILES string of the molecule is CCN(c1cccc(C)c1)C(CN)c1cc(F)cc(F)c1. The number of nitrogens with two attached hydrogens (primary N) is 1. The van der Waals surface area contributed by atoms with E-state index in [1.807, 2.05) is 38.1 Å². The predicted octanol–water partition coefficient (Wildman–Crippen LogP) is 3.80. The van der Waals surface area contributed by atoms with Crippen molar-refractivity contribution in [3.8, 4) is 0 Å². The third-order valence-corrected chi connectivity index (χ3v) is 3.54. The van der Waals surface area contributed by atoms with Gasteiger partial charge in [-0.15, -0.1) is 0 Å². The number of rotatable bonds is 5. The van der Waals surface area contributed by atoms with E-state index in [-0.39, 0.29) is 12.6 Å². The molecular weight excluding hydrogens is 270 g/mol. The molecule has 0 bridgehead atoms. The van der Waals surface area contributed by atoms with E-state index in [1.165, 1.54) is 12.1 Å². The van der Waals surface area contributed by atoms with Crippen molar-refractivity contribution >= 4 is 5.69 Å². The maximum Gasteiger partial charge on any atom is 0.126 e. The fraction of sp³-hybridized carbons (Fsp3) is 0.294. The molecule has 2 N–H and O–H groups in total. The molecule has 2 aromatic carbocycles. The maximum absolute atomic E-state index is 13.5. The van der Waals surface area contributed by atoms with Gasteiger partial charge < -0.3 is 10.6 Å². The molecule has 2 nitrogen and oxygen atoms in total. The van der Waals surface area contributed by atoms with Crippen molar-refractivity contribution in [3.63, 3.8) is 0 Å². The van der Waals surface area contributed by atoms with Gasteiger partial charge in [0.1, 0.15) is 11.6 Å². The number of benzene rings is 2. The summed E-state index contributed by atoms with van der Waals surface area (Å²) in [5.74, 6) is -1.16. The van der Waals surface area contributed by atoms with Gasteiger partial charge in [-0.2, -0.15) is 0 Å². The summed E-state index contributed by atoms with van der Waals surface area (Å²) in [6.45, 7) is 4.99. The Bertz CT molecular complexity index is 593. The van der Waals surface area contributed by atoms with Gasteiger partial charge >= 0.3 is 0 Å². The first kappa shape index (κ1) is 15.4. The lowest BCUT2D eigenvalue weighted by atomic mass is 10.0. The molecule has 4 heteroatoms. The summed E-state index contributed by atoms with van der Waals surface area (Å²) < 4.78 is 26.9. The number of nitrogens with zero attached hydrogens (tertiary/aromatic N) is 1. The fourth-order valence-corrected chi connectivity index (χ4v) is 2.60. The van der Waals surface area contributed by atoms with E-state index in [4.69, 9.17) is 5.73 Å². The van der Waals surface area contributed by atoms with Crippen molar-refractivity contribution in [1.29, 1.82) is 0 Å². The third kappa shape index (κ3) is 3.58. The van der Waals surface area contributed by atoms with Gasteiger partial charge in [0.2, 0.25) is 0 Å². The second kappa shape index (κ2) is 6.68. The largest absolute Gasteiger partial charge is 0.363 e. The van der Waals surface area contributed by atoms with E-state index < -0.39 is 11.6 Å². The maximum atomic E-state index is 13.5. The average Bonchev–Trinajstić information content (AvgIpc) is 2.43. The highest BCUT2D eigenvalue weighted by Gasteiger charge is 2.19. The number of anilines is 1. The van der Waals surface area contributed by atoms with E-state index in [0.717, 1.165) is 17.3 Å². The summed E-state index contributed by atoms with van der Waals surface area (Å²) in [7, 11) is 0. The molecule has 0 aliphatic heterocycles. The molecule has 0 heterocycles. The summed E-state index contributed by atoms with van der Waals surface area (Å²) in [6, 6.07) is 11.3. The molecule has 0 aromatic heterocycles. The lowest BCUT2D eigenvalue weighted by Crippen LogP contribution is -2.33. The van der Waals surface area contributed by atoms with Crippen molar-refractivity contribution in [2.24, 2.45) is 5.73 Å². The average molecular weight is 290 g/mol. The zero-order chi connectivity index (χ0) is 15.4. The minimum atomic E-state index is -0.580. The standard InChI is InChI=1S/C17H20F2N2/c1-3-21(16-6-4-5-12(2)7-16)17(11-20)13-8-14(18)10-15(19)9-13/h4-10,17H,3,11,20H2,1-2H3.